The van der Waals surface area contributed by atoms with Crippen LogP contribution in [0.3, 0.4) is 0 Å². The number of aromatic nitrogens is 1. The van der Waals surface area contributed by atoms with Crippen LogP contribution in [-0.4, -0.2) is 22.4 Å². The van der Waals surface area contributed by atoms with Crippen LogP contribution in [-0.2, 0) is 6.42 Å². The lowest BCUT2D eigenvalue weighted by Crippen LogP contribution is -2.30. The molecule has 0 bridgehead atoms. The van der Waals surface area contributed by atoms with E-state index in [-0.39, 0.29) is 0 Å². The summed E-state index contributed by atoms with van der Waals surface area (Å²) in [5.41, 5.74) is 1.07. The summed E-state index contributed by atoms with van der Waals surface area (Å²) in [6.07, 6.45) is -5.96. The van der Waals surface area contributed by atoms with Gasteiger partial charge >= 0.3 is 6.18 Å². The normalized spacial score (nSPS) is 14.2. The predicted molar refractivity (Wildman–Crippen MR) is 59.1 cm³/mol. The Balaban J connectivity index is 2.31. The van der Waals surface area contributed by atoms with Gasteiger partial charge in [-0.15, -0.1) is 0 Å². The first kappa shape index (κ1) is 12.3. The summed E-state index contributed by atoms with van der Waals surface area (Å²) >= 11 is 5.76. The molecule has 0 aliphatic carbocycles. The topological polar surface area (TPSA) is 36.0 Å². The van der Waals surface area contributed by atoms with E-state index in [1.165, 1.54) is 6.20 Å². The molecule has 2 nitrogen and oxygen atoms in total. The summed E-state index contributed by atoms with van der Waals surface area (Å²) in [4.78, 5) is 2.82. The molecule has 1 atom stereocenters. The zero-order chi connectivity index (χ0) is 12.6. The predicted octanol–water partition coefficient (Wildman–Crippen LogP) is 3.29. The number of aliphatic hydroxyl groups is 1. The number of benzene rings is 1. The Morgan fingerprint density at radius 2 is 2.06 bits per heavy atom. The third-order valence-electron chi connectivity index (χ3n) is 2.52. The molecule has 1 heterocycles. The van der Waals surface area contributed by atoms with E-state index in [0.29, 0.717) is 21.5 Å². The molecular weight excluding hydrogens is 255 g/mol. The first-order chi connectivity index (χ1) is 7.88. The summed E-state index contributed by atoms with van der Waals surface area (Å²) < 4.78 is 36.7. The van der Waals surface area contributed by atoms with E-state index in [9.17, 15) is 13.2 Å². The average Bonchev–Trinajstić information content (AvgIpc) is 2.59. The van der Waals surface area contributed by atoms with E-state index in [1.54, 1.807) is 18.2 Å². The van der Waals surface area contributed by atoms with Gasteiger partial charge in [0.1, 0.15) is 0 Å². The lowest BCUT2D eigenvalue weighted by Gasteiger charge is -2.13. The van der Waals surface area contributed by atoms with Crippen LogP contribution in [0.5, 0.6) is 0 Å². The van der Waals surface area contributed by atoms with Crippen molar-refractivity contribution in [2.24, 2.45) is 0 Å². The zero-order valence-electron chi connectivity index (χ0n) is 8.55. The number of alkyl halides is 3. The first-order valence-electron chi connectivity index (χ1n) is 4.88. The second-order valence-corrected chi connectivity index (χ2v) is 4.20. The van der Waals surface area contributed by atoms with Gasteiger partial charge in [0.05, 0.1) is 0 Å². The molecule has 0 saturated carbocycles. The van der Waals surface area contributed by atoms with Crippen LogP contribution >= 0.6 is 11.6 Å². The van der Waals surface area contributed by atoms with Crippen LogP contribution < -0.4 is 0 Å². The molecule has 6 heteroatoms. The molecule has 92 valence electrons. The SMILES string of the molecule is OC(Cc1c[nH]c2cc(Cl)ccc12)C(F)(F)F. The summed E-state index contributed by atoms with van der Waals surface area (Å²) in [6, 6.07) is 4.86. The van der Waals surface area contributed by atoms with Gasteiger partial charge in [-0.1, -0.05) is 17.7 Å². The van der Waals surface area contributed by atoms with Crippen LogP contribution in [0.4, 0.5) is 13.2 Å². The lowest BCUT2D eigenvalue weighted by molar-refractivity contribution is -0.202. The highest BCUT2D eigenvalue weighted by Crippen LogP contribution is 2.27. The maximum absolute atomic E-state index is 12.2. The van der Waals surface area contributed by atoms with Crippen molar-refractivity contribution in [2.45, 2.75) is 18.7 Å². The van der Waals surface area contributed by atoms with Crippen molar-refractivity contribution in [3.63, 3.8) is 0 Å². The highest BCUT2D eigenvalue weighted by molar-refractivity contribution is 6.31. The molecule has 0 spiro atoms. The fraction of sp³-hybridized carbons (Fsp3) is 0.273. The number of H-pyrrole nitrogens is 1. The number of nitrogens with one attached hydrogen (secondary N) is 1. The molecule has 0 aliphatic rings. The van der Waals surface area contributed by atoms with Crippen LogP contribution in [0.1, 0.15) is 5.56 Å². The highest BCUT2D eigenvalue weighted by atomic mass is 35.5. The van der Waals surface area contributed by atoms with Crippen molar-refractivity contribution in [2.75, 3.05) is 0 Å². The zero-order valence-corrected chi connectivity index (χ0v) is 9.31. The minimum atomic E-state index is -4.60. The number of hydrogen-bond acceptors (Lipinski definition) is 1. The van der Waals surface area contributed by atoms with Crippen molar-refractivity contribution in [3.05, 3.63) is 35.0 Å². The summed E-state index contributed by atoms with van der Waals surface area (Å²) in [5.74, 6) is 0. The fourth-order valence-electron chi connectivity index (χ4n) is 1.65. The highest BCUT2D eigenvalue weighted by Gasteiger charge is 2.38. The number of halogens is 4. The van der Waals surface area contributed by atoms with E-state index in [4.69, 9.17) is 16.7 Å². The Hall–Kier alpha value is -1.20. The van der Waals surface area contributed by atoms with Gasteiger partial charge in [-0.3, -0.25) is 0 Å². The number of hydrogen-bond donors (Lipinski definition) is 2. The van der Waals surface area contributed by atoms with Crippen molar-refractivity contribution in [3.8, 4) is 0 Å². The molecular formula is C11H9ClF3NO. The maximum Gasteiger partial charge on any atom is 0.414 e. The number of fused-ring (bicyclic) bond motifs is 1. The number of aliphatic hydroxyl groups excluding tert-OH is 1. The van der Waals surface area contributed by atoms with E-state index >= 15 is 0 Å². The van der Waals surface area contributed by atoms with Gasteiger partial charge in [0, 0.05) is 28.5 Å². The van der Waals surface area contributed by atoms with Crippen LogP contribution in [0.15, 0.2) is 24.4 Å². The molecule has 0 fully saturated rings. The number of aromatic amines is 1. The minimum Gasteiger partial charge on any atom is -0.383 e. The van der Waals surface area contributed by atoms with Gasteiger partial charge in [-0.2, -0.15) is 13.2 Å². The third kappa shape index (κ3) is 2.56. The van der Waals surface area contributed by atoms with Crippen molar-refractivity contribution >= 4 is 22.5 Å². The Morgan fingerprint density at radius 3 is 2.71 bits per heavy atom. The first-order valence-corrected chi connectivity index (χ1v) is 5.26. The molecule has 0 aliphatic heterocycles. The Bertz CT molecular complexity index is 535. The van der Waals surface area contributed by atoms with Crippen LogP contribution in [0.25, 0.3) is 10.9 Å². The summed E-state index contributed by atoms with van der Waals surface area (Å²) in [6.45, 7) is 0. The molecule has 2 rings (SSSR count). The third-order valence-corrected chi connectivity index (χ3v) is 2.76. The molecule has 1 aromatic heterocycles. The van der Waals surface area contributed by atoms with Crippen molar-refractivity contribution in [1.82, 2.24) is 4.98 Å². The summed E-state index contributed by atoms with van der Waals surface area (Å²) in [7, 11) is 0. The molecule has 17 heavy (non-hydrogen) atoms. The standard InChI is InChI=1S/C11H9ClF3NO/c12-7-1-2-8-6(5-16-9(8)4-7)3-10(17)11(13,14)15/h1-2,4-5,10,16-17H,3H2. The quantitative estimate of drug-likeness (QED) is 0.857. The van der Waals surface area contributed by atoms with Gasteiger partial charge in [0.25, 0.3) is 0 Å². The smallest absolute Gasteiger partial charge is 0.383 e. The second-order valence-electron chi connectivity index (χ2n) is 3.77. The summed E-state index contributed by atoms with van der Waals surface area (Å²) in [5, 5.41) is 10.1. The molecule has 2 aromatic rings. The molecule has 0 saturated heterocycles. The van der Waals surface area contributed by atoms with Crippen LogP contribution in [0, 0.1) is 0 Å². The average molecular weight is 264 g/mol. The van der Waals surface area contributed by atoms with Crippen LogP contribution in [0.2, 0.25) is 5.02 Å². The number of rotatable bonds is 2. The Labute approximate surface area is 100 Å². The van der Waals surface area contributed by atoms with Gasteiger partial charge < -0.3 is 10.1 Å². The second kappa shape index (κ2) is 4.23. The monoisotopic (exact) mass is 263 g/mol. The molecule has 1 unspecified atom stereocenters. The molecule has 1 aromatic carbocycles. The van der Waals surface area contributed by atoms with E-state index in [2.05, 4.69) is 4.98 Å². The maximum atomic E-state index is 12.2. The molecule has 2 N–H and O–H groups in total. The van der Waals surface area contributed by atoms with Crippen molar-refractivity contribution in [1.29, 1.82) is 0 Å². The van der Waals surface area contributed by atoms with Gasteiger partial charge in [-0.05, 0) is 17.7 Å². The van der Waals surface area contributed by atoms with Gasteiger partial charge in [0.2, 0.25) is 0 Å². The van der Waals surface area contributed by atoms with E-state index in [1.807, 2.05) is 0 Å². The van der Waals surface area contributed by atoms with Gasteiger partial charge in [0.15, 0.2) is 6.10 Å². The van der Waals surface area contributed by atoms with Gasteiger partial charge in [-0.25, -0.2) is 0 Å². The molecule has 0 amide bonds. The van der Waals surface area contributed by atoms with E-state index in [0.717, 1.165) is 0 Å². The minimum absolute atomic E-state index is 0.418. The lowest BCUT2D eigenvalue weighted by atomic mass is 10.1. The molecule has 0 radical (unpaired) electrons. The Kier molecular flexibility index (Phi) is 3.05. The van der Waals surface area contributed by atoms with E-state index < -0.39 is 18.7 Å². The van der Waals surface area contributed by atoms with Crippen molar-refractivity contribution < 1.29 is 18.3 Å². The Morgan fingerprint density at radius 1 is 1.35 bits per heavy atom. The largest absolute Gasteiger partial charge is 0.414 e. The fourth-order valence-corrected chi connectivity index (χ4v) is 1.82.